The molecule has 0 saturated heterocycles. The number of imide groups is 1. The molecule has 0 fully saturated rings. The van der Waals surface area contributed by atoms with Gasteiger partial charge in [-0.15, -0.1) is 0 Å². The maximum atomic E-state index is 11.8. The first kappa shape index (κ1) is 12.7. The highest BCUT2D eigenvalue weighted by Crippen LogP contribution is 2.51. The number of carbonyl (C=O) groups is 2. The van der Waals surface area contributed by atoms with Gasteiger partial charge in [-0.1, -0.05) is 12.1 Å². The Labute approximate surface area is 106 Å². The normalized spacial score (nSPS) is 15.3. The van der Waals surface area contributed by atoms with Crippen LogP contribution in [0, 0.1) is 0 Å². The summed E-state index contributed by atoms with van der Waals surface area (Å²) in [5.41, 5.74) is -2.79. The predicted molar refractivity (Wildman–Crippen MR) is 68.1 cm³/mol. The van der Waals surface area contributed by atoms with E-state index in [1.165, 1.54) is 0 Å². The van der Waals surface area contributed by atoms with Crippen molar-refractivity contribution >= 4 is 40.7 Å². The molecule has 0 aromatic heterocycles. The Bertz CT molecular complexity index is 507. The second kappa shape index (κ2) is 4.51. The molecule has 2 N–H and O–H groups in total. The van der Waals surface area contributed by atoms with Crippen molar-refractivity contribution < 1.29 is 19.4 Å². The van der Waals surface area contributed by atoms with Gasteiger partial charge in [0, 0.05) is 0 Å². The number of hydrogen-bond acceptors (Lipinski definition) is 4. The molecule has 0 radical (unpaired) electrons. The molecular weight excluding hydrogens is 281 g/mol. The Balaban J connectivity index is 2.22. The Morgan fingerprint density at radius 2 is 1.65 bits per heavy atom. The first-order chi connectivity index (χ1) is 7.90. The summed E-state index contributed by atoms with van der Waals surface area (Å²) in [6.07, 6.45) is 0. The standard InChI is InChI=1S/C9H8NO4PS2/c11-8-6-3-1-2-4-7(6)9(12)10(8)5-17-15(13,14)16/h1-4H,5H2,(H2,13,14,16). The van der Waals surface area contributed by atoms with Crippen LogP contribution in [-0.4, -0.2) is 32.4 Å². The molecule has 1 aromatic rings. The Hall–Kier alpha value is -0.720. The van der Waals surface area contributed by atoms with E-state index in [0.29, 0.717) is 22.5 Å². The number of amides is 2. The van der Waals surface area contributed by atoms with E-state index in [1.54, 1.807) is 24.3 Å². The third-order valence-electron chi connectivity index (χ3n) is 2.23. The van der Waals surface area contributed by atoms with Crippen molar-refractivity contribution in [2.24, 2.45) is 0 Å². The molecule has 0 unspecified atom stereocenters. The Morgan fingerprint density at radius 1 is 1.18 bits per heavy atom. The number of fused-ring (bicyclic) bond motifs is 1. The Kier molecular flexibility index (Phi) is 3.38. The zero-order valence-electron chi connectivity index (χ0n) is 8.44. The van der Waals surface area contributed by atoms with Crippen LogP contribution in [0.4, 0.5) is 0 Å². The third-order valence-corrected chi connectivity index (χ3v) is 5.25. The van der Waals surface area contributed by atoms with Crippen LogP contribution in [-0.2, 0) is 11.8 Å². The highest BCUT2D eigenvalue weighted by atomic mass is 32.9. The van der Waals surface area contributed by atoms with E-state index in [0.717, 1.165) is 4.90 Å². The summed E-state index contributed by atoms with van der Waals surface area (Å²) < 4.78 is 0. The number of rotatable bonds is 3. The van der Waals surface area contributed by atoms with E-state index >= 15 is 0 Å². The molecule has 17 heavy (non-hydrogen) atoms. The van der Waals surface area contributed by atoms with Crippen LogP contribution in [0.2, 0.25) is 0 Å². The molecule has 90 valence electrons. The van der Waals surface area contributed by atoms with Gasteiger partial charge in [0.25, 0.3) is 11.8 Å². The number of hydrogen-bond donors (Lipinski definition) is 2. The molecule has 1 aliphatic rings. The van der Waals surface area contributed by atoms with Crippen molar-refractivity contribution in [2.45, 2.75) is 0 Å². The predicted octanol–water partition coefficient (Wildman–Crippen LogP) is 1.18. The molecule has 8 heteroatoms. The van der Waals surface area contributed by atoms with Crippen LogP contribution in [0.5, 0.6) is 0 Å². The van der Waals surface area contributed by atoms with Crippen LogP contribution < -0.4 is 0 Å². The minimum Gasteiger partial charge on any atom is -0.338 e. The van der Waals surface area contributed by atoms with Crippen LogP contribution in [0.15, 0.2) is 24.3 Å². The van der Waals surface area contributed by atoms with Crippen LogP contribution in [0.25, 0.3) is 0 Å². The minimum absolute atomic E-state index is 0.142. The molecule has 2 rings (SSSR count). The van der Waals surface area contributed by atoms with Crippen molar-refractivity contribution in [1.82, 2.24) is 4.90 Å². The molecule has 5 nitrogen and oxygen atoms in total. The second-order valence-corrected chi connectivity index (χ2v) is 9.35. The highest BCUT2D eigenvalue weighted by molar-refractivity contribution is 8.67. The van der Waals surface area contributed by atoms with Gasteiger partial charge in [-0.2, -0.15) is 0 Å². The van der Waals surface area contributed by atoms with E-state index in [9.17, 15) is 9.59 Å². The maximum Gasteiger partial charge on any atom is 0.262 e. The van der Waals surface area contributed by atoms with Crippen molar-refractivity contribution in [3.8, 4) is 0 Å². The summed E-state index contributed by atoms with van der Waals surface area (Å²) in [5, 5.41) is 0. The van der Waals surface area contributed by atoms with Gasteiger partial charge in [0.15, 0.2) is 0 Å². The topological polar surface area (TPSA) is 77.8 Å². The zero-order chi connectivity index (χ0) is 12.6. The van der Waals surface area contributed by atoms with Gasteiger partial charge in [-0.3, -0.25) is 14.5 Å². The van der Waals surface area contributed by atoms with Gasteiger partial charge in [0.2, 0.25) is 5.69 Å². The van der Waals surface area contributed by atoms with E-state index in [-0.39, 0.29) is 5.88 Å². The van der Waals surface area contributed by atoms with E-state index < -0.39 is 17.5 Å². The molecule has 0 atom stereocenters. The summed E-state index contributed by atoms with van der Waals surface area (Å²) in [5.74, 6) is -1.00. The van der Waals surface area contributed by atoms with Gasteiger partial charge in [-0.05, 0) is 35.3 Å². The summed E-state index contributed by atoms with van der Waals surface area (Å²) in [7, 11) is 0. The number of carbonyl (C=O) groups excluding carboxylic acids is 2. The third kappa shape index (κ3) is 2.59. The SMILES string of the molecule is O=C1c2ccccc2C(=O)N1CSP(O)(O)=S. The average Bonchev–Trinajstić information content (AvgIpc) is 2.49. The van der Waals surface area contributed by atoms with Crippen molar-refractivity contribution in [1.29, 1.82) is 0 Å². The lowest BCUT2D eigenvalue weighted by Crippen LogP contribution is -2.29. The monoisotopic (exact) mass is 289 g/mol. The number of benzene rings is 1. The lowest BCUT2D eigenvalue weighted by Gasteiger charge is -2.14. The molecular formula is C9H8NO4PS2. The summed E-state index contributed by atoms with van der Waals surface area (Å²) in [4.78, 5) is 42.7. The van der Waals surface area contributed by atoms with E-state index in [2.05, 4.69) is 11.8 Å². The number of nitrogens with zero attached hydrogens (tertiary/aromatic N) is 1. The first-order valence-corrected chi connectivity index (χ1v) is 8.85. The van der Waals surface area contributed by atoms with Gasteiger partial charge >= 0.3 is 0 Å². The molecule has 0 aliphatic carbocycles. The first-order valence-electron chi connectivity index (χ1n) is 4.55. The fourth-order valence-corrected chi connectivity index (χ4v) is 3.21. The molecule has 0 bridgehead atoms. The van der Waals surface area contributed by atoms with Crippen LogP contribution in [0.1, 0.15) is 20.7 Å². The molecule has 1 aliphatic heterocycles. The van der Waals surface area contributed by atoms with Crippen molar-refractivity contribution in [3.63, 3.8) is 0 Å². The summed E-state index contributed by atoms with van der Waals surface area (Å²) >= 11 is 5.05. The maximum absolute atomic E-state index is 11.8. The summed E-state index contributed by atoms with van der Waals surface area (Å²) in [6, 6.07) is 6.47. The molecule has 2 amide bonds. The van der Waals surface area contributed by atoms with E-state index in [4.69, 9.17) is 9.79 Å². The molecule has 0 saturated carbocycles. The highest BCUT2D eigenvalue weighted by Gasteiger charge is 2.35. The quantitative estimate of drug-likeness (QED) is 0.643. The van der Waals surface area contributed by atoms with Gasteiger partial charge in [-0.25, -0.2) is 0 Å². The van der Waals surface area contributed by atoms with Gasteiger partial charge in [0.1, 0.15) is 0 Å². The largest absolute Gasteiger partial charge is 0.338 e. The van der Waals surface area contributed by atoms with Gasteiger partial charge < -0.3 is 9.79 Å². The van der Waals surface area contributed by atoms with Crippen LogP contribution >= 0.6 is 17.1 Å². The minimum atomic E-state index is -3.46. The second-order valence-electron chi connectivity index (χ2n) is 3.33. The van der Waals surface area contributed by atoms with Gasteiger partial charge in [0.05, 0.1) is 17.0 Å². The zero-order valence-corrected chi connectivity index (χ0v) is 11.0. The fraction of sp³-hybridized carbons (Fsp3) is 0.111. The lowest BCUT2D eigenvalue weighted by atomic mass is 10.1. The van der Waals surface area contributed by atoms with Crippen molar-refractivity contribution in [3.05, 3.63) is 35.4 Å². The van der Waals surface area contributed by atoms with Crippen molar-refractivity contribution in [2.75, 3.05) is 5.88 Å². The lowest BCUT2D eigenvalue weighted by molar-refractivity contribution is 0.0684. The fourth-order valence-electron chi connectivity index (χ4n) is 1.49. The molecule has 0 spiro atoms. The average molecular weight is 289 g/mol. The Morgan fingerprint density at radius 3 is 2.06 bits per heavy atom. The van der Waals surface area contributed by atoms with E-state index in [1.807, 2.05) is 0 Å². The molecule has 1 aromatic carbocycles. The summed E-state index contributed by atoms with van der Waals surface area (Å²) in [6.45, 7) is 0. The smallest absolute Gasteiger partial charge is 0.262 e. The molecule has 1 heterocycles. The van der Waals surface area contributed by atoms with Crippen LogP contribution in [0.3, 0.4) is 0 Å².